The van der Waals surface area contributed by atoms with E-state index in [0.717, 1.165) is 17.1 Å². The summed E-state index contributed by atoms with van der Waals surface area (Å²) in [5.41, 5.74) is 2.24. The number of nitrogens with one attached hydrogen (secondary N) is 1. The average molecular weight is 258 g/mol. The summed E-state index contributed by atoms with van der Waals surface area (Å²) in [5, 5.41) is 11.5. The van der Waals surface area contributed by atoms with Gasteiger partial charge in [0.05, 0.1) is 0 Å². The third-order valence-electron chi connectivity index (χ3n) is 3.09. The van der Waals surface area contributed by atoms with Crippen LogP contribution in [0.3, 0.4) is 0 Å². The van der Waals surface area contributed by atoms with Crippen molar-refractivity contribution in [1.29, 1.82) is 0 Å². The standard InChI is InChI=1S/C15H22N4/c1-11(2)9-12(3)17-14-7-5-13(6-8-14)15-18-16-10-19(15)4/h5-8,10-12,17H,9H2,1-4H3. The van der Waals surface area contributed by atoms with E-state index in [9.17, 15) is 0 Å². The third-order valence-corrected chi connectivity index (χ3v) is 3.09. The highest BCUT2D eigenvalue weighted by atomic mass is 15.2. The van der Waals surface area contributed by atoms with Gasteiger partial charge in [0.25, 0.3) is 0 Å². The van der Waals surface area contributed by atoms with E-state index in [1.807, 2.05) is 11.6 Å². The van der Waals surface area contributed by atoms with Crippen LogP contribution in [-0.2, 0) is 7.05 Å². The summed E-state index contributed by atoms with van der Waals surface area (Å²) in [6.45, 7) is 6.71. The number of aromatic nitrogens is 3. The van der Waals surface area contributed by atoms with Gasteiger partial charge in [-0.15, -0.1) is 10.2 Å². The van der Waals surface area contributed by atoms with Crippen LogP contribution in [0.2, 0.25) is 0 Å². The van der Waals surface area contributed by atoms with Gasteiger partial charge in [-0.1, -0.05) is 13.8 Å². The predicted molar refractivity (Wildman–Crippen MR) is 79.0 cm³/mol. The highest BCUT2D eigenvalue weighted by Crippen LogP contribution is 2.20. The van der Waals surface area contributed by atoms with Gasteiger partial charge in [-0.25, -0.2) is 0 Å². The fraction of sp³-hybridized carbons (Fsp3) is 0.467. The van der Waals surface area contributed by atoms with Gasteiger partial charge in [0, 0.05) is 24.3 Å². The molecule has 1 heterocycles. The molecule has 4 heteroatoms. The van der Waals surface area contributed by atoms with Gasteiger partial charge in [-0.3, -0.25) is 0 Å². The minimum absolute atomic E-state index is 0.487. The van der Waals surface area contributed by atoms with Crippen molar-refractivity contribution in [3.8, 4) is 11.4 Å². The summed E-state index contributed by atoms with van der Waals surface area (Å²) in [5.74, 6) is 1.60. The van der Waals surface area contributed by atoms with Gasteiger partial charge < -0.3 is 9.88 Å². The Morgan fingerprint density at radius 1 is 1.16 bits per heavy atom. The van der Waals surface area contributed by atoms with Crippen molar-refractivity contribution in [1.82, 2.24) is 14.8 Å². The second-order valence-electron chi connectivity index (χ2n) is 5.52. The van der Waals surface area contributed by atoms with Crippen LogP contribution < -0.4 is 5.32 Å². The number of benzene rings is 1. The quantitative estimate of drug-likeness (QED) is 0.894. The monoisotopic (exact) mass is 258 g/mol. The summed E-state index contributed by atoms with van der Waals surface area (Å²) in [4.78, 5) is 0. The van der Waals surface area contributed by atoms with Crippen molar-refractivity contribution in [2.24, 2.45) is 13.0 Å². The molecule has 2 rings (SSSR count). The van der Waals surface area contributed by atoms with Crippen LogP contribution in [0, 0.1) is 5.92 Å². The van der Waals surface area contributed by atoms with Gasteiger partial charge in [0.15, 0.2) is 5.82 Å². The van der Waals surface area contributed by atoms with Crippen molar-refractivity contribution in [2.75, 3.05) is 5.32 Å². The molecule has 0 saturated carbocycles. The van der Waals surface area contributed by atoms with E-state index in [1.54, 1.807) is 6.33 Å². The van der Waals surface area contributed by atoms with Crippen molar-refractivity contribution in [3.63, 3.8) is 0 Å². The molecule has 4 nitrogen and oxygen atoms in total. The zero-order valence-corrected chi connectivity index (χ0v) is 12.1. The Bertz CT molecular complexity index is 513. The molecule has 0 aliphatic carbocycles. The van der Waals surface area contributed by atoms with Crippen LogP contribution in [0.5, 0.6) is 0 Å². The molecule has 0 saturated heterocycles. The fourth-order valence-corrected chi connectivity index (χ4v) is 2.31. The molecule has 19 heavy (non-hydrogen) atoms. The molecule has 0 radical (unpaired) electrons. The molecule has 1 aromatic carbocycles. The Morgan fingerprint density at radius 3 is 2.37 bits per heavy atom. The summed E-state index contributed by atoms with van der Waals surface area (Å²) in [6.07, 6.45) is 2.89. The third kappa shape index (κ3) is 3.56. The Hall–Kier alpha value is -1.84. The number of hydrogen-bond donors (Lipinski definition) is 1. The van der Waals surface area contributed by atoms with E-state index in [-0.39, 0.29) is 0 Å². The van der Waals surface area contributed by atoms with Gasteiger partial charge >= 0.3 is 0 Å². The van der Waals surface area contributed by atoms with E-state index in [0.29, 0.717) is 12.0 Å². The van der Waals surface area contributed by atoms with Crippen LogP contribution in [0.1, 0.15) is 27.2 Å². The lowest BCUT2D eigenvalue weighted by Gasteiger charge is -2.17. The first-order valence-corrected chi connectivity index (χ1v) is 6.77. The van der Waals surface area contributed by atoms with Crippen LogP contribution in [0.4, 0.5) is 5.69 Å². The first-order valence-electron chi connectivity index (χ1n) is 6.77. The number of aryl methyl sites for hydroxylation is 1. The van der Waals surface area contributed by atoms with Crippen molar-refractivity contribution < 1.29 is 0 Å². The summed E-state index contributed by atoms with van der Waals surface area (Å²) in [6, 6.07) is 8.84. The van der Waals surface area contributed by atoms with E-state index in [1.165, 1.54) is 6.42 Å². The fourth-order valence-electron chi connectivity index (χ4n) is 2.31. The Balaban J connectivity index is 2.05. The zero-order chi connectivity index (χ0) is 13.8. The lowest BCUT2D eigenvalue weighted by Crippen LogP contribution is -2.17. The number of nitrogens with zero attached hydrogens (tertiary/aromatic N) is 3. The summed E-state index contributed by atoms with van der Waals surface area (Å²) < 4.78 is 1.92. The van der Waals surface area contributed by atoms with Crippen LogP contribution in [-0.4, -0.2) is 20.8 Å². The largest absolute Gasteiger partial charge is 0.383 e. The molecule has 1 atom stereocenters. The molecule has 1 N–H and O–H groups in total. The second kappa shape index (κ2) is 5.87. The molecule has 0 bridgehead atoms. The minimum atomic E-state index is 0.487. The van der Waals surface area contributed by atoms with Gasteiger partial charge in [-0.05, 0) is 43.5 Å². The first kappa shape index (κ1) is 13.6. The van der Waals surface area contributed by atoms with E-state index in [2.05, 4.69) is 60.6 Å². The Morgan fingerprint density at radius 2 is 1.84 bits per heavy atom. The second-order valence-corrected chi connectivity index (χ2v) is 5.52. The van der Waals surface area contributed by atoms with Gasteiger partial charge in [0.2, 0.25) is 0 Å². The molecule has 0 amide bonds. The Kier molecular flexibility index (Phi) is 4.20. The summed E-state index contributed by atoms with van der Waals surface area (Å²) >= 11 is 0. The van der Waals surface area contributed by atoms with E-state index >= 15 is 0 Å². The van der Waals surface area contributed by atoms with E-state index < -0.39 is 0 Å². The zero-order valence-electron chi connectivity index (χ0n) is 12.1. The van der Waals surface area contributed by atoms with Crippen LogP contribution in [0.15, 0.2) is 30.6 Å². The van der Waals surface area contributed by atoms with Crippen molar-refractivity contribution in [3.05, 3.63) is 30.6 Å². The molecule has 102 valence electrons. The highest BCUT2D eigenvalue weighted by molar-refractivity contribution is 5.59. The number of rotatable bonds is 5. The molecule has 1 unspecified atom stereocenters. The average Bonchev–Trinajstić information content (AvgIpc) is 2.75. The molecule has 1 aromatic heterocycles. The molecule has 0 fully saturated rings. The smallest absolute Gasteiger partial charge is 0.163 e. The maximum Gasteiger partial charge on any atom is 0.163 e. The van der Waals surface area contributed by atoms with Crippen LogP contribution in [0.25, 0.3) is 11.4 Å². The van der Waals surface area contributed by atoms with Gasteiger partial charge in [-0.2, -0.15) is 0 Å². The molecular formula is C15H22N4. The van der Waals surface area contributed by atoms with Gasteiger partial charge in [0.1, 0.15) is 6.33 Å². The number of hydrogen-bond acceptors (Lipinski definition) is 3. The maximum atomic E-state index is 4.11. The van der Waals surface area contributed by atoms with Crippen LogP contribution >= 0.6 is 0 Å². The SMILES string of the molecule is CC(C)CC(C)Nc1ccc(-c2nncn2C)cc1. The minimum Gasteiger partial charge on any atom is -0.383 e. The topological polar surface area (TPSA) is 42.7 Å². The summed E-state index contributed by atoms with van der Waals surface area (Å²) in [7, 11) is 1.95. The highest BCUT2D eigenvalue weighted by Gasteiger charge is 2.06. The first-order chi connectivity index (χ1) is 9.06. The molecule has 0 spiro atoms. The predicted octanol–water partition coefficient (Wildman–Crippen LogP) is 3.33. The molecule has 0 aliphatic heterocycles. The molecular weight excluding hydrogens is 236 g/mol. The molecule has 2 aromatic rings. The maximum absolute atomic E-state index is 4.11. The van der Waals surface area contributed by atoms with Crippen molar-refractivity contribution >= 4 is 5.69 Å². The van der Waals surface area contributed by atoms with E-state index in [4.69, 9.17) is 0 Å². The number of anilines is 1. The normalized spacial score (nSPS) is 12.7. The molecule has 0 aliphatic rings. The lowest BCUT2D eigenvalue weighted by atomic mass is 10.0. The Labute approximate surface area is 114 Å². The lowest BCUT2D eigenvalue weighted by molar-refractivity contribution is 0.540. The van der Waals surface area contributed by atoms with Crippen molar-refractivity contribution in [2.45, 2.75) is 33.2 Å².